The van der Waals surface area contributed by atoms with Crippen molar-refractivity contribution in [3.63, 3.8) is 0 Å². The fourth-order valence-electron chi connectivity index (χ4n) is 2.54. The molecule has 0 radical (unpaired) electrons. The summed E-state index contributed by atoms with van der Waals surface area (Å²) in [6.45, 7) is 11.0. The van der Waals surface area contributed by atoms with Gasteiger partial charge in [0, 0.05) is 24.5 Å². The molecule has 1 fully saturated rings. The molecule has 25 heavy (non-hydrogen) atoms. The van der Waals surface area contributed by atoms with Gasteiger partial charge in [-0.2, -0.15) is 0 Å². The summed E-state index contributed by atoms with van der Waals surface area (Å²) < 4.78 is 13.4. The van der Waals surface area contributed by atoms with Crippen molar-refractivity contribution in [2.45, 2.75) is 38.1 Å². The number of pyridine rings is 1. The number of carbonyl (C=O) groups is 2. The van der Waals surface area contributed by atoms with Crippen LogP contribution in [0.5, 0.6) is 0 Å². The van der Waals surface area contributed by atoms with Crippen molar-refractivity contribution in [3.8, 4) is 0 Å². The van der Waals surface area contributed by atoms with E-state index in [2.05, 4.69) is 20.5 Å². The standard InChI is InChI=1S/C17H22FN5O2/c1-17(2,11-21-16(25)12-5-4-6-20-8-12)22-9-15(24)23-10-13(18)7-14(23)19-3/h4-6,8,13-14,22H,7,9-11H2,1-2H3,(H,21,25)/t13-,14-/m0/s1. The quantitative estimate of drug-likeness (QED) is 0.753. The molecule has 1 aromatic rings. The molecule has 134 valence electrons. The highest BCUT2D eigenvalue weighted by Crippen LogP contribution is 2.21. The first-order valence-electron chi connectivity index (χ1n) is 8.06. The van der Waals surface area contributed by atoms with Crippen LogP contribution in [0, 0.1) is 6.57 Å². The molecule has 2 N–H and O–H groups in total. The van der Waals surface area contributed by atoms with Crippen molar-refractivity contribution in [2.24, 2.45) is 0 Å². The molecular formula is C17H22FN5O2. The third kappa shape index (κ3) is 5.22. The summed E-state index contributed by atoms with van der Waals surface area (Å²) >= 11 is 0. The smallest absolute Gasteiger partial charge is 0.303 e. The van der Waals surface area contributed by atoms with Crippen LogP contribution in [-0.2, 0) is 4.79 Å². The minimum Gasteiger partial charge on any atom is -0.350 e. The molecule has 2 amide bonds. The van der Waals surface area contributed by atoms with Crippen LogP contribution in [0.2, 0.25) is 0 Å². The average Bonchev–Trinajstić information content (AvgIpc) is 2.99. The Hall–Kier alpha value is -2.53. The Balaban J connectivity index is 1.82. The summed E-state index contributed by atoms with van der Waals surface area (Å²) in [5, 5.41) is 5.84. The number of nitrogens with one attached hydrogen (secondary N) is 2. The van der Waals surface area contributed by atoms with Crippen LogP contribution in [0.25, 0.3) is 4.85 Å². The van der Waals surface area contributed by atoms with E-state index in [1.165, 1.54) is 11.1 Å². The predicted octanol–water partition coefficient (Wildman–Crippen LogP) is 0.995. The lowest BCUT2D eigenvalue weighted by Gasteiger charge is -2.27. The van der Waals surface area contributed by atoms with Gasteiger partial charge in [-0.15, -0.1) is 0 Å². The molecule has 1 saturated heterocycles. The number of amides is 2. The van der Waals surface area contributed by atoms with Crippen LogP contribution in [-0.4, -0.2) is 59.2 Å². The highest BCUT2D eigenvalue weighted by atomic mass is 19.1. The first-order chi connectivity index (χ1) is 11.8. The molecule has 8 heteroatoms. The highest BCUT2D eigenvalue weighted by molar-refractivity contribution is 5.93. The van der Waals surface area contributed by atoms with E-state index in [9.17, 15) is 14.0 Å². The number of nitrogens with zero attached hydrogens (tertiary/aromatic N) is 3. The summed E-state index contributed by atoms with van der Waals surface area (Å²) in [5.74, 6) is -0.560. The van der Waals surface area contributed by atoms with E-state index in [1.54, 1.807) is 18.3 Å². The molecule has 0 aromatic carbocycles. The minimum atomic E-state index is -1.14. The van der Waals surface area contributed by atoms with Gasteiger partial charge in [0.1, 0.15) is 6.17 Å². The van der Waals surface area contributed by atoms with Gasteiger partial charge in [-0.3, -0.25) is 24.3 Å². The number of likely N-dealkylation sites (tertiary alicyclic amines) is 1. The van der Waals surface area contributed by atoms with E-state index in [4.69, 9.17) is 6.57 Å². The Morgan fingerprint density at radius 2 is 2.28 bits per heavy atom. The topological polar surface area (TPSA) is 78.7 Å². The lowest BCUT2D eigenvalue weighted by atomic mass is 10.1. The zero-order valence-corrected chi connectivity index (χ0v) is 14.3. The molecule has 0 unspecified atom stereocenters. The number of aromatic nitrogens is 1. The van der Waals surface area contributed by atoms with Crippen LogP contribution in [0.1, 0.15) is 30.6 Å². The molecule has 2 atom stereocenters. The average molecular weight is 347 g/mol. The van der Waals surface area contributed by atoms with Crippen LogP contribution in [0.15, 0.2) is 24.5 Å². The second-order valence-corrected chi connectivity index (χ2v) is 6.65. The van der Waals surface area contributed by atoms with Crippen molar-refractivity contribution >= 4 is 11.8 Å². The van der Waals surface area contributed by atoms with Gasteiger partial charge in [0.25, 0.3) is 5.91 Å². The number of hydrogen-bond acceptors (Lipinski definition) is 4. The van der Waals surface area contributed by atoms with Gasteiger partial charge >= 0.3 is 6.17 Å². The van der Waals surface area contributed by atoms with Crippen LogP contribution in [0.3, 0.4) is 0 Å². The molecule has 2 rings (SSSR count). The van der Waals surface area contributed by atoms with Gasteiger partial charge in [0.15, 0.2) is 0 Å². The highest BCUT2D eigenvalue weighted by Gasteiger charge is 2.39. The Kier molecular flexibility index (Phi) is 6.04. The van der Waals surface area contributed by atoms with Gasteiger partial charge in [0.2, 0.25) is 5.91 Å². The van der Waals surface area contributed by atoms with Gasteiger partial charge in [-0.1, -0.05) is 0 Å². The molecule has 1 aromatic heterocycles. The fourth-order valence-corrected chi connectivity index (χ4v) is 2.54. The second-order valence-electron chi connectivity index (χ2n) is 6.65. The first-order valence-corrected chi connectivity index (χ1v) is 8.06. The summed E-state index contributed by atoms with van der Waals surface area (Å²) in [4.78, 5) is 32.7. The maximum atomic E-state index is 13.4. The molecule has 1 aliphatic rings. The lowest BCUT2D eigenvalue weighted by molar-refractivity contribution is -0.130. The zero-order chi connectivity index (χ0) is 18.4. The Bertz CT molecular complexity index is 659. The van der Waals surface area contributed by atoms with E-state index >= 15 is 0 Å². The van der Waals surface area contributed by atoms with Crippen LogP contribution >= 0.6 is 0 Å². The number of alkyl halides is 1. The molecule has 0 bridgehead atoms. The van der Waals surface area contributed by atoms with Gasteiger partial charge in [-0.25, -0.2) is 11.0 Å². The van der Waals surface area contributed by atoms with Crippen molar-refractivity contribution in [1.29, 1.82) is 0 Å². The summed E-state index contributed by atoms with van der Waals surface area (Å²) in [6.07, 6.45) is 1.27. The fraction of sp³-hybridized carbons (Fsp3) is 0.529. The molecule has 0 spiro atoms. The summed E-state index contributed by atoms with van der Waals surface area (Å²) in [7, 11) is 0. The first kappa shape index (κ1) is 18.8. The maximum Gasteiger partial charge on any atom is 0.303 e. The van der Waals surface area contributed by atoms with Crippen LogP contribution in [0.4, 0.5) is 4.39 Å². The molecule has 7 nitrogen and oxygen atoms in total. The summed E-state index contributed by atoms with van der Waals surface area (Å²) in [5.41, 5.74) is -0.0870. The molecule has 2 heterocycles. The van der Waals surface area contributed by atoms with E-state index in [0.717, 1.165) is 0 Å². The van der Waals surface area contributed by atoms with Crippen molar-refractivity contribution in [3.05, 3.63) is 41.5 Å². The molecule has 0 saturated carbocycles. The molecule has 1 aliphatic heterocycles. The van der Waals surface area contributed by atoms with E-state index < -0.39 is 17.9 Å². The number of rotatable bonds is 6. The maximum absolute atomic E-state index is 13.4. The third-order valence-corrected chi connectivity index (χ3v) is 4.02. The molecular weight excluding hydrogens is 325 g/mol. The van der Waals surface area contributed by atoms with Gasteiger partial charge in [-0.05, 0) is 26.0 Å². The zero-order valence-electron chi connectivity index (χ0n) is 14.3. The van der Waals surface area contributed by atoms with Gasteiger partial charge < -0.3 is 10.6 Å². The Labute approximate surface area is 146 Å². The Morgan fingerprint density at radius 1 is 1.52 bits per heavy atom. The van der Waals surface area contributed by atoms with Gasteiger partial charge in [0.05, 0.1) is 25.1 Å². The minimum absolute atomic E-state index is 0.0193. The van der Waals surface area contributed by atoms with Crippen molar-refractivity contribution < 1.29 is 14.0 Å². The number of carbonyl (C=O) groups excluding carboxylic acids is 2. The van der Waals surface area contributed by atoms with Crippen molar-refractivity contribution in [2.75, 3.05) is 19.6 Å². The number of hydrogen-bond donors (Lipinski definition) is 2. The second kappa shape index (κ2) is 8.03. The van der Waals surface area contributed by atoms with E-state index in [1.807, 2.05) is 13.8 Å². The third-order valence-electron chi connectivity index (χ3n) is 4.02. The lowest BCUT2D eigenvalue weighted by Crippen LogP contribution is -2.52. The predicted molar refractivity (Wildman–Crippen MR) is 90.3 cm³/mol. The Morgan fingerprint density at radius 3 is 2.92 bits per heavy atom. The van der Waals surface area contributed by atoms with Crippen molar-refractivity contribution in [1.82, 2.24) is 20.5 Å². The monoisotopic (exact) mass is 347 g/mol. The number of halogens is 1. The van der Waals surface area contributed by atoms with E-state index in [0.29, 0.717) is 12.1 Å². The normalized spacial score (nSPS) is 20.2. The largest absolute Gasteiger partial charge is 0.350 e. The van der Waals surface area contributed by atoms with Crippen LogP contribution < -0.4 is 10.6 Å². The molecule has 0 aliphatic carbocycles. The van der Waals surface area contributed by atoms with E-state index in [-0.39, 0.29) is 31.3 Å². The summed E-state index contributed by atoms with van der Waals surface area (Å²) in [6, 6.07) is 3.34. The SMILES string of the molecule is [C-]#[N+][C@@H]1C[C@H](F)CN1C(=O)CNC(C)(C)CNC(=O)c1cccnc1.